The summed E-state index contributed by atoms with van der Waals surface area (Å²) < 4.78 is 0. The maximum absolute atomic E-state index is 11.7. The van der Waals surface area contributed by atoms with Crippen LogP contribution in [0.2, 0.25) is 0 Å². The van der Waals surface area contributed by atoms with E-state index in [4.69, 9.17) is 0 Å². The number of hydrogen-bond donors (Lipinski definition) is 0. The number of hydrogen-bond acceptors (Lipinski definition) is 3. The van der Waals surface area contributed by atoms with Crippen LogP contribution >= 0.6 is 11.3 Å². The fraction of sp³-hybridized carbons (Fsp3) is 0.636. The second-order valence-electron chi connectivity index (χ2n) is 4.21. The zero-order valence-electron chi connectivity index (χ0n) is 8.40. The molecular weight excluding hydrogens is 194 g/mol. The van der Waals surface area contributed by atoms with Gasteiger partial charge < -0.3 is 0 Å². The van der Waals surface area contributed by atoms with E-state index in [-0.39, 0.29) is 5.92 Å². The number of aromatic nitrogens is 1. The van der Waals surface area contributed by atoms with Gasteiger partial charge in [0.15, 0.2) is 0 Å². The average molecular weight is 209 g/mol. The van der Waals surface area contributed by atoms with Crippen molar-refractivity contribution in [3.8, 4) is 0 Å². The molecule has 2 atom stereocenters. The molecule has 76 valence electrons. The minimum atomic E-state index is 0.263. The Bertz CT molecular complexity index is 307. The van der Waals surface area contributed by atoms with E-state index in [9.17, 15) is 4.79 Å². The van der Waals surface area contributed by atoms with Gasteiger partial charge in [0.25, 0.3) is 0 Å². The summed E-state index contributed by atoms with van der Waals surface area (Å²) in [5.41, 5.74) is 1.84. The molecule has 1 aromatic heterocycles. The van der Waals surface area contributed by atoms with E-state index in [1.165, 1.54) is 4.88 Å². The van der Waals surface area contributed by atoms with Gasteiger partial charge in [0.2, 0.25) is 0 Å². The van der Waals surface area contributed by atoms with Crippen LogP contribution in [0.1, 0.15) is 31.1 Å². The summed E-state index contributed by atoms with van der Waals surface area (Å²) in [6.07, 6.45) is 5.73. The second kappa shape index (κ2) is 4.22. The van der Waals surface area contributed by atoms with Crippen molar-refractivity contribution in [1.29, 1.82) is 0 Å². The lowest BCUT2D eigenvalue weighted by atomic mass is 9.80. The molecule has 1 saturated carbocycles. The molecule has 2 nitrogen and oxygen atoms in total. The molecule has 0 aliphatic heterocycles. The van der Waals surface area contributed by atoms with E-state index in [1.54, 1.807) is 11.3 Å². The fourth-order valence-corrected chi connectivity index (χ4v) is 2.79. The predicted octanol–water partition coefficient (Wildman–Crippen LogP) is 2.69. The van der Waals surface area contributed by atoms with Gasteiger partial charge >= 0.3 is 0 Å². The highest BCUT2D eigenvalue weighted by Gasteiger charge is 2.26. The number of rotatable bonds is 2. The molecule has 0 saturated heterocycles. The van der Waals surface area contributed by atoms with Gasteiger partial charge in [-0.15, -0.1) is 11.3 Å². The van der Waals surface area contributed by atoms with Gasteiger partial charge in [0, 0.05) is 23.4 Å². The van der Waals surface area contributed by atoms with Gasteiger partial charge in [0.05, 0.1) is 5.51 Å². The molecular formula is C11H15NOS. The largest absolute Gasteiger partial charge is 0.299 e. The number of ketones is 1. The van der Waals surface area contributed by atoms with Crippen molar-refractivity contribution in [2.75, 3.05) is 0 Å². The predicted molar refractivity (Wildman–Crippen MR) is 57.3 cm³/mol. The molecule has 1 aromatic rings. The van der Waals surface area contributed by atoms with Gasteiger partial charge in [-0.2, -0.15) is 0 Å². The highest BCUT2D eigenvalue weighted by atomic mass is 32.1. The lowest BCUT2D eigenvalue weighted by Crippen LogP contribution is -2.25. The van der Waals surface area contributed by atoms with Crippen molar-refractivity contribution in [3.63, 3.8) is 0 Å². The topological polar surface area (TPSA) is 30.0 Å². The molecule has 1 aliphatic carbocycles. The molecule has 0 aromatic carbocycles. The van der Waals surface area contributed by atoms with Crippen LogP contribution in [0.4, 0.5) is 0 Å². The van der Waals surface area contributed by atoms with Crippen molar-refractivity contribution in [3.05, 3.63) is 16.6 Å². The quantitative estimate of drug-likeness (QED) is 0.749. The van der Waals surface area contributed by atoms with E-state index >= 15 is 0 Å². The summed E-state index contributed by atoms with van der Waals surface area (Å²) in [7, 11) is 0. The average Bonchev–Trinajstić information content (AvgIpc) is 2.64. The first-order valence-corrected chi connectivity index (χ1v) is 6.03. The van der Waals surface area contributed by atoms with Crippen LogP contribution in [0.25, 0.3) is 0 Å². The van der Waals surface area contributed by atoms with Crippen LogP contribution in [-0.4, -0.2) is 10.8 Å². The highest BCUT2D eigenvalue weighted by Crippen LogP contribution is 2.29. The first kappa shape index (κ1) is 9.84. The summed E-state index contributed by atoms with van der Waals surface area (Å²) in [6, 6.07) is 0. The SMILES string of the molecule is CC1CCC(=O)C(Cc2cncs2)C1. The monoisotopic (exact) mass is 209 g/mol. The molecule has 0 spiro atoms. The molecule has 0 radical (unpaired) electrons. The number of carbonyl (C=O) groups is 1. The molecule has 14 heavy (non-hydrogen) atoms. The Morgan fingerprint density at radius 2 is 2.50 bits per heavy atom. The lowest BCUT2D eigenvalue weighted by molar-refractivity contribution is -0.125. The van der Waals surface area contributed by atoms with E-state index < -0.39 is 0 Å². The van der Waals surface area contributed by atoms with Gasteiger partial charge in [-0.05, 0) is 25.2 Å². The normalized spacial score (nSPS) is 27.9. The second-order valence-corrected chi connectivity index (χ2v) is 5.19. The van der Waals surface area contributed by atoms with E-state index in [0.717, 1.165) is 25.7 Å². The highest BCUT2D eigenvalue weighted by molar-refractivity contribution is 7.09. The minimum Gasteiger partial charge on any atom is -0.299 e. The Balaban J connectivity index is 1.99. The van der Waals surface area contributed by atoms with Crippen molar-refractivity contribution >= 4 is 17.1 Å². The summed E-state index contributed by atoms with van der Waals surface area (Å²) in [5, 5.41) is 0. The maximum Gasteiger partial charge on any atom is 0.136 e. The van der Waals surface area contributed by atoms with Gasteiger partial charge in [-0.3, -0.25) is 9.78 Å². The van der Waals surface area contributed by atoms with Crippen molar-refractivity contribution in [2.24, 2.45) is 11.8 Å². The summed E-state index contributed by atoms with van der Waals surface area (Å²) >= 11 is 1.66. The number of carbonyl (C=O) groups excluding carboxylic acids is 1. The molecule has 0 N–H and O–H groups in total. The molecule has 1 aliphatic rings. The minimum absolute atomic E-state index is 0.263. The van der Waals surface area contributed by atoms with E-state index in [2.05, 4.69) is 11.9 Å². The number of thiazole rings is 1. The van der Waals surface area contributed by atoms with E-state index in [1.807, 2.05) is 11.7 Å². The maximum atomic E-state index is 11.7. The summed E-state index contributed by atoms with van der Waals surface area (Å²) in [4.78, 5) is 16.9. The van der Waals surface area contributed by atoms with E-state index in [0.29, 0.717) is 11.7 Å². The standard InChI is InChI=1S/C11H15NOS/c1-8-2-3-11(13)9(4-8)5-10-6-12-7-14-10/h6-9H,2-5H2,1H3. The third-order valence-corrected chi connectivity index (χ3v) is 3.76. The third kappa shape index (κ3) is 2.21. The Hall–Kier alpha value is -0.700. The summed E-state index contributed by atoms with van der Waals surface area (Å²) in [5.74, 6) is 1.43. The first-order chi connectivity index (χ1) is 6.75. The Labute approximate surface area is 88.4 Å². The Morgan fingerprint density at radius 3 is 3.21 bits per heavy atom. The third-order valence-electron chi connectivity index (χ3n) is 2.96. The van der Waals surface area contributed by atoms with Crippen LogP contribution in [0.15, 0.2) is 11.7 Å². The number of nitrogens with zero attached hydrogens (tertiary/aromatic N) is 1. The smallest absolute Gasteiger partial charge is 0.136 e. The Morgan fingerprint density at radius 1 is 1.64 bits per heavy atom. The van der Waals surface area contributed by atoms with Crippen LogP contribution in [0.3, 0.4) is 0 Å². The van der Waals surface area contributed by atoms with Crippen LogP contribution < -0.4 is 0 Å². The van der Waals surface area contributed by atoms with Gasteiger partial charge in [0.1, 0.15) is 5.78 Å². The van der Waals surface area contributed by atoms with Crippen molar-refractivity contribution in [2.45, 2.75) is 32.6 Å². The fourth-order valence-electron chi connectivity index (χ4n) is 2.11. The summed E-state index contributed by atoms with van der Waals surface area (Å²) in [6.45, 7) is 2.24. The molecule has 3 heteroatoms. The zero-order valence-corrected chi connectivity index (χ0v) is 9.22. The zero-order chi connectivity index (χ0) is 9.97. The lowest BCUT2D eigenvalue weighted by Gasteiger charge is -2.24. The molecule has 0 amide bonds. The van der Waals surface area contributed by atoms with Crippen LogP contribution in [0, 0.1) is 11.8 Å². The van der Waals surface area contributed by atoms with Gasteiger partial charge in [-0.1, -0.05) is 6.92 Å². The molecule has 2 unspecified atom stereocenters. The van der Waals surface area contributed by atoms with Crippen LogP contribution in [-0.2, 0) is 11.2 Å². The van der Waals surface area contributed by atoms with Gasteiger partial charge in [-0.25, -0.2) is 0 Å². The van der Waals surface area contributed by atoms with Crippen molar-refractivity contribution in [1.82, 2.24) is 4.98 Å². The van der Waals surface area contributed by atoms with Crippen molar-refractivity contribution < 1.29 is 4.79 Å². The first-order valence-electron chi connectivity index (χ1n) is 5.16. The molecule has 1 heterocycles. The Kier molecular flexibility index (Phi) is 2.96. The number of Topliss-reactive ketones (excluding diaryl/α,β-unsaturated/α-hetero) is 1. The molecule has 1 fully saturated rings. The van der Waals surface area contributed by atoms with Crippen LogP contribution in [0.5, 0.6) is 0 Å². The molecule has 2 rings (SSSR count). The molecule has 0 bridgehead atoms.